The fourth-order valence-electron chi connectivity index (χ4n) is 2.50. The number of unbranched alkanes of at least 4 members (excludes halogenated alkanes) is 12. The van der Waals surface area contributed by atoms with Crippen LogP contribution in [0.15, 0.2) is 12.7 Å². The lowest BCUT2D eigenvalue weighted by atomic mass is 10.0. The average Bonchev–Trinajstić information content (AvgIpc) is 2.51. The smallest absolute Gasteiger partial charge is 0.303 e. The van der Waals surface area contributed by atoms with Gasteiger partial charge in [-0.2, -0.15) is 0 Å². The summed E-state index contributed by atoms with van der Waals surface area (Å²) >= 11 is 0. The number of rotatable bonds is 16. The SMILES string of the molecule is C=CC.O=C(O)CCCCCCCCCCCCCCCC(=O)O. The fourth-order valence-corrected chi connectivity index (χ4v) is 2.50. The molecule has 0 saturated heterocycles. The highest BCUT2D eigenvalue weighted by Crippen LogP contribution is 2.13. The molecule has 0 aliphatic carbocycles. The Bertz CT molecular complexity index is 274. The Morgan fingerprint density at radius 1 is 0.625 bits per heavy atom. The first-order valence-electron chi connectivity index (χ1n) is 9.55. The molecule has 0 radical (unpaired) electrons. The molecule has 0 aromatic rings. The quantitative estimate of drug-likeness (QED) is 0.259. The van der Waals surface area contributed by atoms with Gasteiger partial charge in [0.15, 0.2) is 0 Å². The summed E-state index contributed by atoms with van der Waals surface area (Å²) in [5, 5.41) is 17.0. The van der Waals surface area contributed by atoms with Crippen molar-refractivity contribution in [2.75, 3.05) is 0 Å². The van der Waals surface area contributed by atoms with E-state index in [1.807, 2.05) is 6.92 Å². The molecule has 0 atom stereocenters. The van der Waals surface area contributed by atoms with E-state index in [0.717, 1.165) is 38.5 Å². The van der Waals surface area contributed by atoms with Gasteiger partial charge in [0.2, 0.25) is 0 Å². The van der Waals surface area contributed by atoms with Gasteiger partial charge in [0.05, 0.1) is 0 Å². The molecule has 4 heteroatoms. The maximum atomic E-state index is 10.3. The summed E-state index contributed by atoms with van der Waals surface area (Å²) in [7, 11) is 0. The highest BCUT2D eigenvalue weighted by atomic mass is 16.4. The van der Waals surface area contributed by atoms with Crippen LogP contribution in [-0.4, -0.2) is 22.2 Å². The van der Waals surface area contributed by atoms with Crippen LogP contribution >= 0.6 is 0 Å². The van der Waals surface area contributed by atoms with E-state index in [4.69, 9.17) is 10.2 Å². The molecule has 0 bridgehead atoms. The molecule has 0 aromatic carbocycles. The van der Waals surface area contributed by atoms with Gasteiger partial charge in [-0.15, -0.1) is 6.58 Å². The minimum Gasteiger partial charge on any atom is -0.481 e. The molecule has 0 heterocycles. The van der Waals surface area contributed by atoms with Crippen LogP contribution in [0, 0.1) is 0 Å². The van der Waals surface area contributed by atoms with Crippen LogP contribution in [0.3, 0.4) is 0 Å². The molecule has 0 aromatic heterocycles. The van der Waals surface area contributed by atoms with E-state index in [9.17, 15) is 9.59 Å². The molecule has 2 N–H and O–H groups in total. The number of hydrogen-bond acceptors (Lipinski definition) is 2. The van der Waals surface area contributed by atoms with Gasteiger partial charge in [-0.1, -0.05) is 76.7 Å². The molecule has 0 fully saturated rings. The molecule has 0 aliphatic heterocycles. The minimum absolute atomic E-state index is 0.312. The first kappa shape index (κ1) is 24.9. The van der Waals surface area contributed by atoms with Gasteiger partial charge >= 0.3 is 11.9 Å². The number of carbonyl (C=O) groups is 2. The van der Waals surface area contributed by atoms with Crippen molar-refractivity contribution in [2.45, 2.75) is 103 Å². The summed E-state index contributed by atoms with van der Waals surface area (Å²) in [5.74, 6) is -1.36. The average molecular weight is 343 g/mol. The van der Waals surface area contributed by atoms with E-state index < -0.39 is 11.9 Å². The van der Waals surface area contributed by atoms with Crippen molar-refractivity contribution >= 4 is 11.9 Å². The maximum Gasteiger partial charge on any atom is 0.303 e. The summed E-state index contributed by atoms with van der Waals surface area (Å²) in [4.78, 5) is 20.6. The molecule has 24 heavy (non-hydrogen) atoms. The number of carboxylic acids is 2. The Morgan fingerprint density at radius 3 is 0.958 bits per heavy atom. The van der Waals surface area contributed by atoms with Gasteiger partial charge < -0.3 is 10.2 Å². The lowest BCUT2D eigenvalue weighted by Gasteiger charge is -2.02. The third kappa shape index (κ3) is 28.8. The number of aliphatic carboxylic acids is 2. The molecule has 0 saturated carbocycles. The number of hydrogen-bond donors (Lipinski definition) is 2. The first-order valence-corrected chi connectivity index (χ1v) is 9.55. The zero-order chi connectivity index (χ0) is 18.5. The molecule has 0 rings (SSSR count). The van der Waals surface area contributed by atoms with Crippen molar-refractivity contribution in [3.8, 4) is 0 Å². The Kier molecular flexibility index (Phi) is 22.5. The van der Waals surface area contributed by atoms with Crippen LogP contribution in [-0.2, 0) is 9.59 Å². The monoisotopic (exact) mass is 342 g/mol. The summed E-state index contributed by atoms with van der Waals surface area (Å²) in [5.41, 5.74) is 0. The van der Waals surface area contributed by atoms with Crippen LogP contribution in [0.2, 0.25) is 0 Å². The Labute approximate surface area is 148 Å². The van der Waals surface area contributed by atoms with Crippen LogP contribution < -0.4 is 0 Å². The highest BCUT2D eigenvalue weighted by molar-refractivity contribution is 5.66. The van der Waals surface area contributed by atoms with E-state index >= 15 is 0 Å². The van der Waals surface area contributed by atoms with E-state index in [-0.39, 0.29) is 0 Å². The Balaban J connectivity index is 0. The molecule has 0 aliphatic rings. The zero-order valence-corrected chi connectivity index (χ0v) is 15.6. The molecule has 0 spiro atoms. The second-order valence-electron chi connectivity index (χ2n) is 6.29. The highest BCUT2D eigenvalue weighted by Gasteiger charge is 1.98. The Hall–Kier alpha value is -1.32. The standard InChI is InChI=1S/C17H32O4.C3H6/c18-16(19)14-12-10-8-6-4-2-1-3-5-7-9-11-13-15-17(20)21;1-3-2/h1-15H2,(H,18,19)(H,20,21);3H,1H2,2H3. The third-order valence-electron chi connectivity index (χ3n) is 3.78. The van der Waals surface area contributed by atoms with Crippen LogP contribution in [0.1, 0.15) is 103 Å². The van der Waals surface area contributed by atoms with Gasteiger partial charge in [0.1, 0.15) is 0 Å². The van der Waals surface area contributed by atoms with Crippen LogP contribution in [0.25, 0.3) is 0 Å². The van der Waals surface area contributed by atoms with Gasteiger partial charge in [-0.25, -0.2) is 0 Å². The third-order valence-corrected chi connectivity index (χ3v) is 3.78. The molecule has 4 nitrogen and oxygen atoms in total. The minimum atomic E-state index is -0.682. The fraction of sp³-hybridized carbons (Fsp3) is 0.800. The van der Waals surface area contributed by atoms with E-state index in [1.54, 1.807) is 6.08 Å². The second-order valence-corrected chi connectivity index (χ2v) is 6.29. The van der Waals surface area contributed by atoms with Crippen LogP contribution in [0.4, 0.5) is 0 Å². The first-order chi connectivity index (χ1) is 11.5. The van der Waals surface area contributed by atoms with E-state index in [0.29, 0.717) is 12.8 Å². The molecule has 0 unspecified atom stereocenters. The van der Waals surface area contributed by atoms with Crippen molar-refractivity contribution in [1.82, 2.24) is 0 Å². The lowest BCUT2D eigenvalue weighted by molar-refractivity contribution is -0.138. The maximum absolute atomic E-state index is 10.3. The predicted molar refractivity (Wildman–Crippen MR) is 100 cm³/mol. The van der Waals surface area contributed by atoms with Gasteiger partial charge in [-0.05, 0) is 19.8 Å². The van der Waals surface area contributed by atoms with Crippen molar-refractivity contribution in [1.29, 1.82) is 0 Å². The summed E-state index contributed by atoms with van der Waals surface area (Å²) < 4.78 is 0. The topological polar surface area (TPSA) is 74.6 Å². The van der Waals surface area contributed by atoms with Gasteiger partial charge in [0, 0.05) is 12.8 Å². The van der Waals surface area contributed by atoms with Gasteiger partial charge in [0.25, 0.3) is 0 Å². The van der Waals surface area contributed by atoms with Crippen molar-refractivity contribution < 1.29 is 19.8 Å². The summed E-state index contributed by atoms with van der Waals surface area (Å²) in [6, 6.07) is 0. The second kappa shape index (κ2) is 21.7. The van der Waals surface area contributed by atoms with E-state index in [2.05, 4.69) is 6.58 Å². The lowest BCUT2D eigenvalue weighted by Crippen LogP contribution is -1.93. The van der Waals surface area contributed by atoms with Crippen LogP contribution in [0.5, 0.6) is 0 Å². The van der Waals surface area contributed by atoms with Gasteiger partial charge in [-0.3, -0.25) is 9.59 Å². The molecule has 0 amide bonds. The molecule has 142 valence electrons. The normalized spacial score (nSPS) is 9.88. The predicted octanol–water partition coefficient (Wildman–Crippen LogP) is 6.20. The van der Waals surface area contributed by atoms with Crippen molar-refractivity contribution in [2.24, 2.45) is 0 Å². The molecular weight excluding hydrogens is 304 g/mol. The van der Waals surface area contributed by atoms with E-state index in [1.165, 1.54) is 44.9 Å². The Morgan fingerprint density at radius 2 is 0.792 bits per heavy atom. The van der Waals surface area contributed by atoms with Crippen molar-refractivity contribution in [3.05, 3.63) is 12.7 Å². The van der Waals surface area contributed by atoms with Crippen molar-refractivity contribution in [3.63, 3.8) is 0 Å². The number of carboxylic acid groups (broad SMARTS) is 2. The molecular formula is C20H38O4. The summed E-state index contributed by atoms with van der Waals surface area (Å²) in [6.45, 7) is 5.25. The zero-order valence-electron chi connectivity index (χ0n) is 15.6. The number of allylic oxidation sites excluding steroid dienone is 1. The summed E-state index contributed by atoms with van der Waals surface area (Å²) in [6.07, 6.45) is 17.3. The largest absolute Gasteiger partial charge is 0.481 e.